The minimum absolute atomic E-state index is 0.100. The van der Waals surface area contributed by atoms with Crippen LogP contribution in [-0.2, 0) is 18.3 Å². The van der Waals surface area contributed by atoms with Crippen LogP contribution in [0.2, 0.25) is 5.02 Å². The van der Waals surface area contributed by atoms with Crippen LogP contribution < -0.4 is 11.5 Å². The summed E-state index contributed by atoms with van der Waals surface area (Å²) in [5, 5.41) is -0.100. The Labute approximate surface area is 199 Å². The SMILES string of the molecule is C=C(N)c1ccc(CCC)c(F)c1-c1c(Cl)c(F)cc2c1[C@H](C)[C@@](CN)(c1ccccc1)C2. The molecule has 172 valence electrons. The lowest BCUT2D eigenvalue weighted by molar-refractivity contribution is 0.399. The van der Waals surface area contributed by atoms with Crippen molar-refractivity contribution in [1.82, 2.24) is 0 Å². The summed E-state index contributed by atoms with van der Waals surface area (Å²) in [5.41, 5.74) is 16.4. The van der Waals surface area contributed by atoms with Crippen LogP contribution in [0.25, 0.3) is 16.8 Å². The lowest BCUT2D eigenvalue weighted by Crippen LogP contribution is -2.38. The molecule has 0 saturated heterocycles. The van der Waals surface area contributed by atoms with Crippen LogP contribution in [0.1, 0.15) is 54.0 Å². The maximum Gasteiger partial charge on any atom is 0.142 e. The second-order valence-corrected chi connectivity index (χ2v) is 9.36. The molecule has 0 radical (unpaired) electrons. The third kappa shape index (κ3) is 3.66. The maximum atomic E-state index is 16.0. The van der Waals surface area contributed by atoms with Crippen molar-refractivity contribution in [2.45, 2.75) is 44.4 Å². The fourth-order valence-electron chi connectivity index (χ4n) is 5.43. The average molecular weight is 467 g/mol. The number of halogens is 3. The first-order valence-electron chi connectivity index (χ1n) is 11.3. The zero-order valence-corrected chi connectivity index (χ0v) is 19.8. The van der Waals surface area contributed by atoms with E-state index in [9.17, 15) is 0 Å². The molecule has 2 atom stereocenters. The predicted octanol–water partition coefficient (Wildman–Crippen LogP) is 6.72. The van der Waals surface area contributed by atoms with Gasteiger partial charge >= 0.3 is 0 Å². The number of benzene rings is 3. The van der Waals surface area contributed by atoms with Crippen molar-refractivity contribution < 1.29 is 8.78 Å². The molecule has 0 aliphatic heterocycles. The summed E-state index contributed by atoms with van der Waals surface area (Å²) >= 11 is 6.59. The largest absolute Gasteiger partial charge is 0.399 e. The molecular formula is C28H29ClF2N2. The highest BCUT2D eigenvalue weighted by Gasteiger charge is 2.46. The molecule has 0 spiro atoms. The molecule has 0 aromatic heterocycles. The Bertz CT molecular complexity index is 1220. The number of hydrogen-bond acceptors (Lipinski definition) is 2. The number of hydrogen-bond donors (Lipinski definition) is 2. The van der Waals surface area contributed by atoms with Gasteiger partial charge in [-0.25, -0.2) is 8.78 Å². The number of rotatable bonds is 6. The van der Waals surface area contributed by atoms with Gasteiger partial charge in [0.15, 0.2) is 0 Å². The van der Waals surface area contributed by atoms with Crippen LogP contribution >= 0.6 is 11.6 Å². The highest BCUT2D eigenvalue weighted by Crippen LogP contribution is 2.54. The Morgan fingerprint density at radius 2 is 1.85 bits per heavy atom. The monoisotopic (exact) mass is 466 g/mol. The lowest BCUT2D eigenvalue weighted by Gasteiger charge is -2.34. The van der Waals surface area contributed by atoms with E-state index in [1.54, 1.807) is 12.1 Å². The molecule has 0 bridgehead atoms. The first kappa shape index (κ1) is 23.5. The van der Waals surface area contributed by atoms with Crippen molar-refractivity contribution in [2.75, 3.05) is 6.54 Å². The van der Waals surface area contributed by atoms with Crippen molar-refractivity contribution >= 4 is 17.3 Å². The van der Waals surface area contributed by atoms with Crippen LogP contribution in [0.3, 0.4) is 0 Å². The van der Waals surface area contributed by atoms with Gasteiger partial charge in [0, 0.05) is 34.3 Å². The molecule has 1 aliphatic rings. The minimum Gasteiger partial charge on any atom is -0.399 e. The zero-order chi connectivity index (χ0) is 23.9. The van der Waals surface area contributed by atoms with Crippen molar-refractivity contribution in [3.8, 4) is 11.1 Å². The molecule has 5 heteroatoms. The Hall–Kier alpha value is -2.69. The molecule has 3 aromatic rings. The van der Waals surface area contributed by atoms with Gasteiger partial charge in [-0.05, 0) is 47.1 Å². The van der Waals surface area contributed by atoms with E-state index in [1.165, 1.54) is 6.07 Å². The molecule has 4 rings (SSSR count). The second-order valence-electron chi connectivity index (χ2n) is 8.98. The number of fused-ring (bicyclic) bond motifs is 1. The van der Waals surface area contributed by atoms with Crippen LogP contribution in [0, 0.1) is 11.6 Å². The predicted molar refractivity (Wildman–Crippen MR) is 133 cm³/mol. The topological polar surface area (TPSA) is 52.0 Å². The van der Waals surface area contributed by atoms with Crippen LogP contribution in [0.4, 0.5) is 8.78 Å². The van der Waals surface area contributed by atoms with Crippen molar-refractivity contribution in [2.24, 2.45) is 11.5 Å². The standard InChI is InChI=1S/C28H29ClF2N2/c1-4-8-18-11-12-21(17(3)33)24(27(18)31)25-23-16(2)28(15-32,20-9-6-5-7-10-20)14-19(23)13-22(30)26(25)29/h5-7,9-13,16H,3-4,8,14-15,32-33H2,1-2H3/t16-,28+/m0/s1. The lowest BCUT2D eigenvalue weighted by atomic mass is 9.71. The quantitative estimate of drug-likeness (QED) is 0.423. The van der Waals surface area contributed by atoms with Gasteiger partial charge in [0.25, 0.3) is 0 Å². The van der Waals surface area contributed by atoms with Crippen LogP contribution in [-0.4, -0.2) is 6.54 Å². The van der Waals surface area contributed by atoms with Crippen molar-refractivity contribution in [3.63, 3.8) is 0 Å². The highest BCUT2D eigenvalue weighted by molar-refractivity contribution is 6.34. The number of nitrogens with two attached hydrogens (primary N) is 2. The Morgan fingerprint density at radius 3 is 2.45 bits per heavy atom. The fraction of sp³-hybridized carbons (Fsp3) is 0.286. The van der Waals surface area contributed by atoms with E-state index in [0.717, 1.165) is 23.1 Å². The average Bonchev–Trinajstić information content (AvgIpc) is 3.09. The Morgan fingerprint density at radius 1 is 1.15 bits per heavy atom. The fourth-order valence-corrected chi connectivity index (χ4v) is 5.68. The van der Waals surface area contributed by atoms with Crippen LogP contribution in [0.5, 0.6) is 0 Å². The molecule has 0 fully saturated rings. The van der Waals surface area contributed by atoms with Gasteiger partial charge < -0.3 is 11.5 Å². The molecule has 2 nitrogen and oxygen atoms in total. The number of aryl methyl sites for hydroxylation is 1. The molecule has 0 unspecified atom stereocenters. The summed E-state index contributed by atoms with van der Waals surface area (Å²) in [6.45, 7) is 8.25. The third-order valence-corrected chi connectivity index (χ3v) is 7.53. The summed E-state index contributed by atoms with van der Waals surface area (Å²) in [5.74, 6) is -1.12. The summed E-state index contributed by atoms with van der Waals surface area (Å²) in [6, 6.07) is 14.9. The summed E-state index contributed by atoms with van der Waals surface area (Å²) in [6.07, 6.45) is 1.87. The zero-order valence-electron chi connectivity index (χ0n) is 19.0. The molecule has 3 aromatic carbocycles. The van der Waals surface area contributed by atoms with E-state index in [4.69, 9.17) is 23.1 Å². The maximum absolute atomic E-state index is 16.0. The van der Waals surface area contributed by atoms with Gasteiger partial charge in [-0.15, -0.1) is 0 Å². The second kappa shape index (κ2) is 8.92. The van der Waals surface area contributed by atoms with E-state index in [2.05, 4.69) is 13.5 Å². The van der Waals surface area contributed by atoms with Crippen molar-refractivity contribution in [3.05, 3.63) is 99.6 Å². The van der Waals surface area contributed by atoms with E-state index < -0.39 is 17.0 Å². The van der Waals surface area contributed by atoms with Crippen LogP contribution in [0.15, 0.2) is 55.1 Å². The van der Waals surface area contributed by atoms with Gasteiger partial charge in [0.2, 0.25) is 0 Å². The molecule has 0 amide bonds. The molecular weight excluding hydrogens is 438 g/mol. The van der Waals surface area contributed by atoms with Gasteiger partial charge in [-0.3, -0.25) is 0 Å². The van der Waals surface area contributed by atoms with Crippen molar-refractivity contribution in [1.29, 1.82) is 0 Å². The Kier molecular flexibility index (Phi) is 6.35. The molecule has 0 saturated carbocycles. The smallest absolute Gasteiger partial charge is 0.142 e. The summed E-state index contributed by atoms with van der Waals surface area (Å²) in [7, 11) is 0. The highest BCUT2D eigenvalue weighted by atomic mass is 35.5. The normalized spacial score (nSPS) is 19.5. The Balaban J connectivity index is 2.05. The third-order valence-electron chi connectivity index (χ3n) is 7.16. The minimum atomic E-state index is -0.577. The van der Waals surface area contributed by atoms with Gasteiger partial charge in [0.1, 0.15) is 11.6 Å². The van der Waals surface area contributed by atoms with Gasteiger partial charge in [-0.2, -0.15) is 0 Å². The van der Waals surface area contributed by atoms with Gasteiger partial charge in [0.05, 0.1) is 5.02 Å². The first-order valence-corrected chi connectivity index (χ1v) is 11.7. The first-order chi connectivity index (χ1) is 15.8. The summed E-state index contributed by atoms with van der Waals surface area (Å²) in [4.78, 5) is 0. The van der Waals surface area contributed by atoms with E-state index in [0.29, 0.717) is 36.1 Å². The van der Waals surface area contributed by atoms with E-state index in [-0.39, 0.29) is 22.2 Å². The molecule has 4 N–H and O–H groups in total. The molecule has 33 heavy (non-hydrogen) atoms. The molecule has 0 heterocycles. The van der Waals surface area contributed by atoms with E-state index >= 15 is 8.78 Å². The van der Waals surface area contributed by atoms with E-state index in [1.807, 2.05) is 37.3 Å². The van der Waals surface area contributed by atoms with Gasteiger partial charge in [-0.1, -0.05) is 80.9 Å². The molecule has 1 aliphatic carbocycles. The summed E-state index contributed by atoms with van der Waals surface area (Å²) < 4.78 is 31.1.